The van der Waals surface area contributed by atoms with Crippen molar-refractivity contribution >= 4 is 23.6 Å². The van der Waals surface area contributed by atoms with Crippen molar-refractivity contribution in [3.8, 4) is 5.75 Å². The quantitative estimate of drug-likeness (QED) is 0.331. The van der Waals surface area contributed by atoms with E-state index in [2.05, 4.69) is 24.5 Å². The smallest absolute Gasteiger partial charge is 0.408 e. The zero-order valence-corrected chi connectivity index (χ0v) is 25.0. The number of alkyl carbamates (subject to hydrolysis) is 1. The molecule has 3 N–H and O–H groups in total. The second-order valence-corrected chi connectivity index (χ2v) is 11.4. The maximum absolute atomic E-state index is 14.1. The minimum atomic E-state index is -1.31. The molecule has 3 amide bonds. The summed E-state index contributed by atoms with van der Waals surface area (Å²) < 4.78 is 10.5. The maximum Gasteiger partial charge on any atom is 0.408 e. The molecule has 9 nitrogen and oxygen atoms in total. The predicted octanol–water partition coefficient (Wildman–Crippen LogP) is 5.22. The minimum Gasteiger partial charge on any atom is -0.497 e. The fourth-order valence-corrected chi connectivity index (χ4v) is 4.32. The summed E-state index contributed by atoms with van der Waals surface area (Å²) in [5.74, 6) is 0.0189. The highest BCUT2D eigenvalue weighted by molar-refractivity contribution is 5.99. The Morgan fingerprint density at radius 1 is 0.975 bits per heavy atom. The van der Waals surface area contributed by atoms with Crippen LogP contribution in [0.5, 0.6) is 5.75 Å². The van der Waals surface area contributed by atoms with Gasteiger partial charge < -0.3 is 30.1 Å². The molecule has 9 heteroatoms. The van der Waals surface area contributed by atoms with Crippen LogP contribution in [0.1, 0.15) is 71.6 Å². The van der Waals surface area contributed by atoms with Gasteiger partial charge in [0.1, 0.15) is 23.4 Å². The third-order valence-electron chi connectivity index (χ3n) is 6.43. The maximum atomic E-state index is 14.1. The number of amides is 3. The molecule has 0 bridgehead atoms. The molecular weight excluding hydrogens is 510 g/mol. The molecule has 3 unspecified atom stereocenters. The number of ether oxygens (including phenoxy) is 2. The standard InChI is InChI=1S/C31H45N3O6/c1-20(2)13-14-22(4)34(29(37)26(19-35)33-30(38)40-31(5,6)7)27(25-12-10-9-11-21(25)3)28(36)32-23-15-17-24(39-8)18-16-23/h9-12,15-18,20,22,26-27,35H,13-14,19H2,1-8H3,(H,32,36)(H,33,38). The first-order chi connectivity index (χ1) is 18.8. The van der Waals surface area contributed by atoms with Crippen molar-refractivity contribution in [2.75, 3.05) is 19.0 Å². The van der Waals surface area contributed by atoms with Gasteiger partial charge in [-0.1, -0.05) is 38.1 Å². The minimum absolute atomic E-state index is 0.373. The van der Waals surface area contributed by atoms with E-state index in [9.17, 15) is 19.5 Å². The van der Waals surface area contributed by atoms with Crippen molar-refractivity contribution in [2.24, 2.45) is 5.92 Å². The number of nitrogens with one attached hydrogen (secondary N) is 2. The van der Waals surface area contributed by atoms with E-state index in [1.807, 2.05) is 38.1 Å². The number of carbonyl (C=O) groups excluding carboxylic acids is 3. The van der Waals surface area contributed by atoms with Crippen LogP contribution in [-0.2, 0) is 14.3 Å². The Balaban J connectivity index is 2.56. The monoisotopic (exact) mass is 555 g/mol. The van der Waals surface area contributed by atoms with Gasteiger partial charge in [0, 0.05) is 11.7 Å². The summed E-state index contributed by atoms with van der Waals surface area (Å²) in [5.41, 5.74) is 1.22. The first-order valence-electron chi connectivity index (χ1n) is 13.7. The molecule has 2 rings (SSSR count). The van der Waals surface area contributed by atoms with Crippen LogP contribution < -0.4 is 15.4 Å². The molecule has 0 saturated carbocycles. The molecule has 0 aromatic heterocycles. The van der Waals surface area contributed by atoms with Gasteiger partial charge in [0.05, 0.1) is 13.7 Å². The molecule has 3 atom stereocenters. The van der Waals surface area contributed by atoms with Crippen molar-refractivity contribution in [3.05, 3.63) is 59.7 Å². The second kappa shape index (κ2) is 14.7. The first-order valence-corrected chi connectivity index (χ1v) is 13.7. The summed E-state index contributed by atoms with van der Waals surface area (Å²) in [6, 6.07) is 11.6. The van der Waals surface area contributed by atoms with Crippen molar-refractivity contribution < 1.29 is 29.0 Å². The highest BCUT2D eigenvalue weighted by atomic mass is 16.6. The lowest BCUT2D eigenvalue weighted by atomic mass is 9.94. The van der Waals surface area contributed by atoms with Gasteiger partial charge >= 0.3 is 6.09 Å². The van der Waals surface area contributed by atoms with Crippen LogP contribution in [0.25, 0.3) is 0 Å². The van der Waals surface area contributed by atoms with Crippen molar-refractivity contribution in [1.82, 2.24) is 10.2 Å². The van der Waals surface area contributed by atoms with E-state index in [1.54, 1.807) is 52.1 Å². The average molecular weight is 556 g/mol. The van der Waals surface area contributed by atoms with E-state index in [-0.39, 0.29) is 0 Å². The van der Waals surface area contributed by atoms with Crippen molar-refractivity contribution in [2.45, 2.75) is 85.0 Å². The number of carbonyl (C=O) groups is 3. The molecular formula is C31H45N3O6. The number of benzene rings is 2. The number of aliphatic hydroxyl groups is 1. The molecule has 0 saturated heterocycles. The molecule has 0 fully saturated rings. The van der Waals surface area contributed by atoms with Crippen molar-refractivity contribution in [3.63, 3.8) is 0 Å². The van der Waals surface area contributed by atoms with Gasteiger partial charge in [0.2, 0.25) is 5.91 Å². The number of nitrogens with zero attached hydrogens (tertiary/aromatic N) is 1. The summed E-state index contributed by atoms with van der Waals surface area (Å²) in [4.78, 5) is 42.2. The summed E-state index contributed by atoms with van der Waals surface area (Å²) in [6.07, 6.45) is 0.603. The summed E-state index contributed by atoms with van der Waals surface area (Å²) in [6.45, 7) is 12.4. The summed E-state index contributed by atoms with van der Waals surface area (Å²) in [5, 5.41) is 15.6. The molecule has 0 aliphatic heterocycles. The Kier molecular flexibility index (Phi) is 12.0. The largest absolute Gasteiger partial charge is 0.497 e. The topological polar surface area (TPSA) is 117 Å². The predicted molar refractivity (Wildman–Crippen MR) is 156 cm³/mol. The number of methoxy groups -OCH3 is 1. The van der Waals surface area contributed by atoms with Gasteiger partial charge in [0.25, 0.3) is 5.91 Å². The average Bonchev–Trinajstić information content (AvgIpc) is 2.88. The summed E-state index contributed by atoms with van der Waals surface area (Å²) >= 11 is 0. The van der Waals surface area contributed by atoms with E-state index >= 15 is 0 Å². The Labute approximate surface area is 238 Å². The van der Waals surface area contributed by atoms with Crippen LogP contribution in [0.15, 0.2) is 48.5 Å². The molecule has 0 spiro atoms. The molecule has 0 aliphatic carbocycles. The van der Waals surface area contributed by atoms with Gasteiger partial charge in [-0.05, 0) is 88.8 Å². The number of aryl methyl sites for hydroxylation is 1. The molecule has 0 aliphatic rings. The molecule has 0 radical (unpaired) electrons. The third-order valence-corrected chi connectivity index (χ3v) is 6.43. The number of aliphatic hydroxyl groups excluding tert-OH is 1. The van der Waals surface area contributed by atoms with E-state index in [4.69, 9.17) is 9.47 Å². The van der Waals surface area contributed by atoms with Crippen LogP contribution in [0.3, 0.4) is 0 Å². The summed E-state index contributed by atoms with van der Waals surface area (Å²) in [7, 11) is 1.56. The Bertz CT molecular complexity index is 1130. The van der Waals surface area contributed by atoms with Gasteiger partial charge in [-0.3, -0.25) is 9.59 Å². The fraction of sp³-hybridized carbons (Fsp3) is 0.516. The fourth-order valence-electron chi connectivity index (χ4n) is 4.32. The van der Waals surface area contributed by atoms with E-state index in [1.165, 1.54) is 4.90 Å². The highest BCUT2D eigenvalue weighted by Gasteiger charge is 2.39. The molecule has 40 heavy (non-hydrogen) atoms. The van der Waals surface area contributed by atoms with Crippen LogP contribution >= 0.6 is 0 Å². The third kappa shape index (κ3) is 9.55. The van der Waals surface area contributed by atoms with E-state index in [0.29, 0.717) is 29.3 Å². The highest BCUT2D eigenvalue weighted by Crippen LogP contribution is 2.30. The lowest BCUT2D eigenvalue weighted by molar-refractivity contribution is -0.144. The molecule has 2 aromatic carbocycles. The molecule has 0 heterocycles. The van der Waals surface area contributed by atoms with E-state index < -0.39 is 48.2 Å². The van der Waals surface area contributed by atoms with Gasteiger partial charge in [0.15, 0.2) is 0 Å². The zero-order valence-electron chi connectivity index (χ0n) is 25.0. The van der Waals surface area contributed by atoms with Gasteiger partial charge in [-0.25, -0.2) is 4.79 Å². The number of hydrogen-bond acceptors (Lipinski definition) is 6. The SMILES string of the molecule is COc1ccc(NC(=O)C(c2ccccc2C)N(C(=O)C(CO)NC(=O)OC(C)(C)C)C(C)CCC(C)C)cc1. The number of hydrogen-bond donors (Lipinski definition) is 3. The zero-order chi connectivity index (χ0) is 30.0. The first kappa shape index (κ1) is 32.6. The van der Waals surface area contributed by atoms with Crippen LogP contribution in [-0.4, -0.2) is 59.3 Å². The lowest BCUT2D eigenvalue weighted by Crippen LogP contribution is -2.56. The van der Waals surface area contributed by atoms with Crippen LogP contribution in [0, 0.1) is 12.8 Å². The Hall–Kier alpha value is -3.59. The molecule has 220 valence electrons. The van der Waals surface area contributed by atoms with E-state index in [0.717, 1.165) is 12.0 Å². The van der Waals surface area contributed by atoms with Gasteiger partial charge in [-0.15, -0.1) is 0 Å². The lowest BCUT2D eigenvalue weighted by Gasteiger charge is -2.39. The normalized spacial score (nSPS) is 13.7. The van der Waals surface area contributed by atoms with Crippen LogP contribution in [0.2, 0.25) is 0 Å². The van der Waals surface area contributed by atoms with Gasteiger partial charge in [-0.2, -0.15) is 0 Å². The number of rotatable bonds is 12. The molecule has 2 aromatic rings. The Morgan fingerprint density at radius 3 is 2.12 bits per heavy atom. The van der Waals surface area contributed by atoms with Crippen molar-refractivity contribution in [1.29, 1.82) is 0 Å². The number of anilines is 1. The Morgan fingerprint density at radius 2 is 1.60 bits per heavy atom. The second-order valence-electron chi connectivity index (χ2n) is 11.4. The van der Waals surface area contributed by atoms with Crippen LogP contribution in [0.4, 0.5) is 10.5 Å².